The largest absolute Gasteiger partial charge is 0.451 e. The summed E-state index contributed by atoms with van der Waals surface area (Å²) in [6.45, 7) is 0.401. The zero-order valence-electron chi connectivity index (χ0n) is 19.2. The highest BCUT2D eigenvalue weighted by Gasteiger charge is 2.23. The predicted molar refractivity (Wildman–Crippen MR) is 137 cm³/mol. The molecule has 0 radical (unpaired) electrons. The molecule has 0 saturated carbocycles. The van der Waals surface area contributed by atoms with Gasteiger partial charge in [-0.2, -0.15) is 10.8 Å². The van der Waals surface area contributed by atoms with Crippen molar-refractivity contribution in [3.8, 4) is 6.07 Å². The van der Waals surface area contributed by atoms with Gasteiger partial charge in [-0.3, -0.25) is 4.98 Å². The lowest BCUT2D eigenvalue weighted by Gasteiger charge is -2.23. The minimum absolute atomic E-state index is 0.197. The summed E-state index contributed by atoms with van der Waals surface area (Å²) in [5.41, 5.74) is 13.6. The summed E-state index contributed by atoms with van der Waals surface area (Å²) < 4.78 is 10.7. The SMILES string of the molecule is COC[C@@H](Nc1c(C#N)cnc2c(Cl)cc(N[C@H](C3=CNNN3)c3cocn3)cc12)c1ccccc1. The fraction of sp³-hybridized carbons (Fsp3) is 0.160. The predicted octanol–water partition coefficient (Wildman–Crippen LogP) is 4.15. The molecule has 0 saturated heterocycles. The van der Waals surface area contributed by atoms with Crippen molar-refractivity contribution in [3.05, 3.63) is 95.1 Å². The average Bonchev–Trinajstić information content (AvgIpc) is 3.63. The Labute approximate surface area is 212 Å². The monoisotopic (exact) mass is 502 g/mol. The molecule has 0 unspecified atom stereocenters. The van der Waals surface area contributed by atoms with E-state index in [1.807, 2.05) is 36.4 Å². The van der Waals surface area contributed by atoms with E-state index in [0.29, 0.717) is 45.2 Å². The maximum Gasteiger partial charge on any atom is 0.180 e. The summed E-state index contributed by atoms with van der Waals surface area (Å²) in [6, 6.07) is 15.3. The molecule has 36 heavy (non-hydrogen) atoms. The lowest BCUT2D eigenvalue weighted by Crippen LogP contribution is -2.34. The Kier molecular flexibility index (Phi) is 6.86. The third kappa shape index (κ3) is 4.76. The molecule has 182 valence electrons. The van der Waals surface area contributed by atoms with Crippen LogP contribution in [0.1, 0.15) is 28.9 Å². The van der Waals surface area contributed by atoms with E-state index < -0.39 is 0 Å². The minimum atomic E-state index is -0.367. The number of methoxy groups -OCH3 is 1. The number of benzene rings is 2. The number of fused-ring (bicyclic) bond motifs is 1. The normalized spacial score (nSPS) is 14.3. The van der Waals surface area contributed by atoms with Crippen LogP contribution in [-0.4, -0.2) is 23.7 Å². The van der Waals surface area contributed by atoms with Crippen LogP contribution in [0.2, 0.25) is 5.02 Å². The number of pyridine rings is 1. The number of nitrogens with zero attached hydrogens (tertiary/aromatic N) is 3. The van der Waals surface area contributed by atoms with Crippen molar-refractivity contribution in [2.75, 3.05) is 24.4 Å². The number of aromatic nitrogens is 2. The van der Waals surface area contributed by atoms with E-state index in [2.05, 4.69) is 43.1 Å². The lowest BCUT2D eigenvalue weighted by atomic mass is 10.0. The quantitative estimate of drug-likeness (QED) is 0.227. The van der Waals surface area contributed by atoms with Crippen molar-refractivity contribution < 1.29 is 9.15 Å². The summed E-state index contributed by atoms with van der Waals surface area (Å²) in [5.74, 6) is 0. The van der Waals surface area contributed by atoms with Crippen LogP contribution < -0.4 is 27.0 Å². The number of hydrogen-bond donors (Lipinski definition) is 5. The first-order valence-corrected chi connectivity index (χ1v) is 11.5. The number of ether oxygens (including phenoxy) is 1. The number of hydrazine groups is 2. The van der Waals surface area contributed by atoms with Gasteiger partial charge in [0.1, 0.15) is 24.1 Å². The van der Waals surface area contributed by atoms with E-state index in [4.69, 9.17) is 20.8 Å². The molecule has 5 N–H and O–H groups in total. The van der Waals surface area contributed by atoms with Crippen LogP contribution in [-0.2, 0) is 4.74 Å². The minimum Gasteiger partial charge on any atom is -0.451 e. The van der Waals surface area contributed by atoms with Crippen molar-refractivity contribution in [1.29, 1.82) is 5.26 Å². The Bertz CT molecular complexity index is 1420. The zero-order valence-corrected chi connectivity index (χ0v) is 20.0. The molecule has 0 spiro atoms. The Morgan fingerprint density at radius 2 is 2.06 bits per heavy atom. The molecule has 0 fully saturated rings. The van der Waals surface area contributed by atoms with Gasteiger partial charge in [0.25, 0.3) is 0 Å². The van der Waals surface area contributed by atoms with Gasteiger partial charge in [-0.15, -0.1) is 0 Å². The van der Waals surface area contributed by atoms with Gasteiger partial charge in [0, 0.05) is 30.6 Å². The second-order valence-corrected chi connectivity index (χ2v) is 8.47. The Morgan fingerprint density at radius 3 is 2.75 bits per heavy atom. The van der Waals surface area contributed by atoms with Crippen LogP contribution in [0.4, 0.5) is 11.4 Å². The number of rotatable bonds is 9. The molecule has 10 nitrogen and oxygen atoms in total. The van der Waals surface area contributed by atoms with Crippen molar-refractivity contribution >= 4 is 33.9 Å². The fourth-order valence-corrected chi connectivity index (χ4v) is 4.35. The number of hydrogen-bond acceptors (Lipinski definition) is 10. The number of halogens is 1. The third-order valence-electron chi connectivity index (χ3n) is 5.77. The Hall–Kier alpha value is -4.30. The van der Waals surface area contributed by atoms with Crippen LogP contribution in [0.5, 0.6) is 0 Å². The van der Waals surface area contributed by atoms with Gasteiger partial charge >= 0.3 is 0 Å². The number of oxazole rings is 1. The van der Waals surface area contributed by atoms with Crippen molar-refractivity contribution in [3.63, 3.8) is 0 Å². The lowest BCUT2D eigenvalue weighted by molar-refractivity contribution is 0.186. The number of anilines is 2. The number of nitrogens with one attached hydrogen (secondary N) is 5. The second kappa shape index (κ2) is 10.5. The van der Waals surface area contributed by atoms with Crippen molar-refractivity contribution in [2.24, 2.45) is 0 Å². The fourth-order valence-electron chi connectivity index (χ4n) is 4.09. The van der Waals surface area contributed by atoms with Gasteiger partial charge in [0.2, 0.25) is 0 Å². The molecule has 5 rings (SSSR count). The molecule has 2 aromatic carbocycles. The van der Waals surface area contributed by atoms with Crippen molar-refractivity contribution in [1.82, 2.24) is 26.4 Å². The van der Waals surface area contributed by atoms with E-state index in [9.17, 15) is 5.26 Å². The topological polar surface area (TPSA) is 132 Å². The summed E-state index contributed by atoms with van der Waals surface area (Å²) in [4.78, 5) is 8.76. The second-order valence-electron chi connectivity index (χ2n) is 8.06. The standard InChI is InChI=1S/C25H23ClN8O2/c1-35-12-21(15-5-3-2-4-6-15)32-23-16(9-27)10-28-24-18(23)7-17(8-19(24)26)31-25(20-11-30-34-33-20)22-13-36-14-29-22/h2-8,10-11,13-14,21,25,30-31,33-34H,12H2,1H3,(H,28,32)/t21-,25-/m1/s1. The summed E-state index contributed by atoms with van der Waals surface area (Å²) >= 11 is 6.69. The smallest absolute Gasteiger partial charge is 0.180 e. The highest BCUT2D eigenvalue weighted by Crippen LogP contribution is 2.36. The molecular formula is C25H23ClN8O2. The van der Waals surface area contributed by atoms with Crippen LogP contribution in [0.15, 0.2) is 77.6 Å². The van der Waals surface area contributed by atoms with Gasteiger partial charge in [-0.05, 0) is 17.7 Å². The average molecular weight is 503 g/mol. The first-order chi connectivity index (χ1) is 17.7. The van der Waals surface area contributed by atoms with Gasteiger partial charge in [0.15, 0.2) is 6.39 Å². The van der Waals surface area contributed by atoms with E-state index in [1.165, 1.54) is 12.6 Å². The first kappa shape index (κ1) is 23.4. The van der Waals surface area contributed by atoms with Crippen LogP contribution in [0.3, 0.4) is 0 Å². The molecule has 0 aliphatic carbocycles. The number of nitriles is 1. The molecule has 1 aliphatic heterocycles. The van der Waals surface area contributed by atoms with Crippen LogP contribution in [0, 0.1) is 11.3 Å². The van der Waals surface area contributed by atoms with E-state index in [-0.39, 0.29) is 12.1 Å². The van der Waals surface area contributed by atoms with Crippen molar-refractivity contribution in [2.45, 2.75) is 12.1 Å². The van der Waals surface area contributed by atoms with Crippen LogP contribution >= 0.6 is 11.6 Å². The van der Waals surface area contributed by atoms with E-state index in [0.717, 1.165) is 11.3 Å². The zero-order chi connectivity index (χ0) is 24.9. The van der Waals surface area contributed by atoms with Gasteiger partial charge in [-0.1, -0.05) is 41.9 Å². The molecule has 2 atom stereocenters. The summed E-state index contributed by atoms with van der Waals surface area (Å²) in [6.07, 6.45) is 6.25. The van der Waals surface area contributed by atoms with Gasteiger partial charge in [0.05, 0.1) is 40.1 Å². The molecule has 0 amide bonds. The van der Waals surface area contributed by atoms with Crippen LogP contribution in [0.25, 0.3) is 10.9 Å². The summed E-state index contributed by atoms with van der Waals surface area (Å²) in [5, 5.41) is 18.0. The molecule has 0 bridgehead atoms. The molecule has 2 aromatic heterocycles. The first-order valence-electron chi connectivity index (χ1n) is 11.1. The third-order valence-corrected chi connectivity index (χ3v) is 6.06. The molecule has 4 aromatic rings. The molecular weight excluding hydrogens is 480 g/mol. The van der Waals surface area contributed by atoms with E-state index in [1.54, 1.807) is 25.6 Å². The Balaban J connectivity index is 1.58. The maximum atomic E-state index is 9.89. The highest BCUT2D eigenvalue weighted by molar-refractivity contribution is 6.35. The van der Waals surface area contributed by atoms with E-state index >= 15 is 0 Å². The van der Waals surface area contributed by atoms with Gasteiger partial charge in [-0.25, -0.2) is 4.98 Å². The molecule has 1 aliphatic rings. The molecule has 3 heterocycles. The Morgan fingerprint density at radius 1 is 1.19 bits per heavy atom. The maximum absolute atomic E-state index is 9.89. The highest BCUT2D eigenvalue weighted by atomic mass is 35.5. The van der Waals surface area contributed by atoms with Gasteiger partial charge < -0.3 is 30.6 Å². The molecule has 11 heteroatoms. The summed E-state index contributed by atoms with van der Waals surface area (Å²) in [7, 11) is 1.64.